The molecule has 12 nitrogen and oxygen atoms in total. The molecular formula is C22H25N5O7. The average Bonchev–Trinajstić information content (AvgIpc) is 2.85. The van der Waals surface area contributed by atoms with E-state index < -0.39 is 23.0 Å². The number of aromatic hydroxyl groups is 1. The normalized spacial score (nSPS) is 15.1. The lowest BCUT2D eigenvalue weighted by Crippen LogP contribution is -2.50. The van der Waals surface area contributed by atoms with Crippen LogP contribution in [0.5, 0.6) is 17.4 Å². The smallest absolute Gasteiger partial charge is 0.337 e. The van der Waals surface area contributed by atoms with Crippen molar-refractivity contribution >= 4 is 28.5 Å². The van der Waals surface area contributed by atoms with Crippen LogP contribution in [0.2, 0.25) is 0 Å². The molecule has 3 N–H and O–H groups in total. The van der Waals surface area contributed by atoms with Gasteiger partial charge in [-0.1, -0.05) is 0 Å². The van der Waals surface area contributed by atoms with E-state index in [2.05, 4.69) is 20.1 Å². The number of carbonyl (C=O) groups is 1. The number of hydrogen-bond donors (Lipinski definition) is 3. The fourth-order valence-electron chi connectivity index (χ4n) is 3.82. The number of rotatable bonds is 6. The highest BCUT2D eigenvalue weighted by atomic mass is 16.5. The van der Waals surface area contributed by atoms with Crippen molar-refractivity contribution in [3.8, 4) is 17.4 Å². The number of pyridine rings is 1. The third-order valence-electron chi connectivity index (χ3n) is 5.76. The summed E-state index contributed by atoms with van der Waals surface area (Å²) in [5.41, 5.74) is 1.60. The van der Waals surface area contributed by atoms with Gasteiger partial charge in [0.1, 0.15) is 16.9 Å². The van der Waals surface area contributed by atoms with Crippen LogP contribution in [0.25, 0.3) is 10.9 Å². The summed E-state index contributed by atoms with van der Waals surface area (Å²) in [6.45, 7) is 0.541. The second-order valence-corrected chi connectivity index (χ2v) is 7.82. The van der Waals surface area contributed by atoms with Crippen LogP contribution in [0, 0.1) is 0 Å². The van der Waals surface area contributed by atoms with Gasteiger partial charge < -0.3 is 29.3 Å². The maximum Gasteiger partial charge on any atom is 0.337 e. The van der Waals surface area contributed by atoms with Crippen molar-refractivity contribution in [3.05, 3.63) is 40.8 Å². The van der Waals surface area contributed by atoms with Gasteiger partial charge in [-0.2, -0.15) is 4.98 Å². The molecule has 4 rings (SSSR count). The van der Waals surface area contributed by atoms with Crippen molar-refractivity contribution in [3.63, 3.8) is 0 Å². The van der Waals surface area contributed by atoms with Crippen LogP contribution in [0.3, 0.4) is 0 Å². The topological polar surface area (TPSA) is 148 Å². The van der Waals surface area contributed by atoms with Gasteiger partial charge in [0.2, 0.25) is 11.8 Å². The molecule has 3 heterocycles. The molecule has 34 heavy (non-hydrogen) atoms. The first-order chi connectivity index (χ1) is 16.3. The summed E-state index contributed by atoms with van der Waals surface area (Å²) >= 11 is 0. The zero-order valence-corrected chi connectivity index (χ0v) is 18.9. The Labute approximate surface area is 194 Å². The summed E-state index contributed by atoms with van der Waals surface area (Å²) in [4.78, 5) is 35.1. The fourth-order valence-corrected chi connectivity index (χ4v) is 3.82. The van der Waals surface area contributed by atoms with Crippen molar-refractivity contribution in [2.45, 2.75) is 18.4 Å². The molecule has 1 aromatic carbocycles. The molecule has 1 aliphatic rings. The summed E-state index contributed by atoms with van der Waals surface area (Å²) in [7, 11) is 4.27. The van der Waals surface area contributed by atoms with Crippen LogP contribution in [-0.2, 0) is 9.53 Å². The Bertz CT molecular complexity index is 1260. The quantitative estimate of drug-likeness (QED) is 0.440. The predicted molar refractivity (Wildman–Crippen MR) is 122 cm³/mol. The first-order valence-electron chi connectivity index (χ1n) is 10.5. The zero-order chi connectivity index (χ0) is 24.5. The van der Waals surface area contributed by atoms with Crippen molar-refractivity contribution in [1.82, 2.24) is 14.6 Å². The maximum absolute atomic E-state index is 13.0. The van der Waals surface area contributed by atoms with Crippen LogP contribution in [0.15, 0.2) is 35.3 Å². The molecule has 0 amide bonds. The molecule has 180 valence electrons. The molecule has 0 atom stereocenters. The van der Waals surface area contributed by atoms with Crippen molar-refractivity contribution in [1.29, 1.82) is 0 Å². The van der Waals surface area contributed by atoms with Gasteiger partial charge in [-0.15, -0.1) is 0 Å². The number of aliphatic hydroxyl groups is 1. The fraction of sp³-hybridized carbons (Fsp3) is 0.364. The first kappa shape index (κ1) is 23.1. The van der Waals surface area contributed by atoms with Gasteiger partial charge in [-0.3, -0.25) is 10.2 Å². The summed E-state index contributed by atoms with van der Waals surface area (Å²) < 4.78 is 16.3. The molecule has 0 radical (unpaired) electrons. The Hall–Kier alpha value is -4.06. The van der Waals surface area contributed by atoms with E-state index in [1.165, 1.54) is 32.2 Å². The third kappa shape index (κ3) is 4.27. The van der Waals surface area contributed by atoms with Crippen LogP contribution >= 0.6 is 0 Å². The molecular weight excluding hydrogens is 446 g/mol. The van der Waals surface area contributed by atoms with E-state index in [9.17, 15) is 19.8 Å². The summed E-state index contributed by atoms with van der Waals surface area (Å²) in [5.74, 6) is 0.105. The number of benzene rings is 1. The Kier molecular flexibility index (Phi) is 6.16. The second kappa shape index (κ2) is 9.06. The number of carbonyl (C=O) groups excluding carboxylic acids is 1. The Balaban J connectivity index is 1.62. The number of ether oxygens (including phenoxy) is 3. The van der Waals surface area contributed by atoms with E-state index in [1.54, 1.807) is 29.2 Å². The lowest BCUT2D eigenvalue weighted by Gasteiger charge is -2.36. The molecule has 12 heteroatoms. The van der Waals surface area contributed by atoms with Crippen molar-refractivity contribution < 1.29 is 29.2 Å². The number of nitrogens with zero attached hydrogens (tertiary/aromatic N) is 4. The average molecular weight is 471 g/mol. The van der Waals surface area contributed by atoms with Crippen LogP contribution in [0.1, 0.15) is 12.8 Å². The van der Waals surface area contributed by atoms with E-state index in [-0.39, 0.29) is 42.8 Å². The highest BCUT2D eigenvalue weighted by molar-refractivity contribution is 5.83. The molecule has 2 aromatic heterocycles. The van der Waals surface area contributed by atoms with E-state index in [1.807, 2.05) is 0 Å². The lowest BCUT2D eigenvalue weighted by atomic mass is 9.92. The number of aromatic nitrogens is 3. The second-order valence-electron chi connectivity index (χ2n) is 7.82. The molecule has 0 bridgehead atoms. The van der Waals surface area contributed by atoms with Crippen molar-refractivity contribution in [2.24, 2.45) is 0 Å². The molecule has 0 aliphatic carbocycles. The minimum Gasteiger partial charge on any atom is -0.497 e. The molecule has 1 fully saturated rings. The van der Waals surface area contributed by atoms with Crippen LogP contribution < -0.4 is 25.4 Å². The highest BCUT2D eigenvalue weighted by Crippen LogP contribution is 2.29. The number of piperidine rings is 1. The Morgan fingerprint density at radius 3 is 2.32 bits per heavy atom. The van der Waals surface area contributed by atoms with E-state index in [4.69, 9.17) is 9.47 Å². The summed E-state index contributed by atoms with van der Waals surface area (Å²) in [6, 6.07) is 6.64. The number of fused-ring (bicyclic) bond motifs is 1. The number of hydrogen-bond acceptors (Lipinski definition) is 11. The van der Waals surface area contributed by atoms with E-state index in [0.29, 0.717) is 17.2 Å². The summed E-state index contributed by atoms with van der Waals surface area (Å²) in [5, 5.41) is 20.9. The lowest BCUT2D eigenvalue weighted by molar-refractivity contribution is -0.164. The van der Waals surface area contributed by atoms with Crippen molar-refractivity contribution in [2.75, 3.05) is 44.7 Å². The number of methoxy groups -OCH3 is 3. The Morgan fingerprint density at radius 1 is 1.09 bits per heavy atom. The number of anilines is 2. The number of esters is 1. The maximum atomic E-state index is 13.0. The third-order valence-corrected chi connectivity index (χ3v) is 5.76. The monoisotopic (exact) mass is 471 g/mol. The largest absolute Gasteiger partial charge is 0.497 e. The molecule has 1 aliphatic heterocycles. The summed E-state index contributed by atoms with van der Waals surface area (Å²) in [6.07, 6.45) is 1.73. The van der Waals surface area contributed by atoms with Gasteiger partial charge in [0.15, 0.2) is 5.60 Å². The molecule has 0 saturated carbocycles. The highest BCUT2D eigenvalue weighted by Gasteiger charge is 2.41. The molecule has 0 unspecified atom stereocenters. The van der Waals surface area contributed by atoms with E-state index in [0.717, 1.165) is 0 Å². The predicted octanol–water partition coefficient (Wildman–Crippen LogP) is 0.894. The van der Waals surface area contributed by atoms with Crippen LogP contribution in [-0.4, -0.2) is 70.8 Å². The standard InChI is InChI=1S/C22H25N5O7/c1-32-14-10-13(11-15(12-14)33-2)25-27-7-4-16-17(19(27)29)18(28)24-21(23-16)26-8-5-22(31,6-9-26)20(30)34-3/h4,7,10-12,25,31H,5-6,8-9H2,1-3H3,(H,23,24,28). The van der Waals surface area contributed by atoms with Gasteiger partial charge >= 0.3 is 5.97 Å². The van der Waals surface area contributed by atoms with Crippen LogP contribution in [0.4, 0.5) is 11.6 Å². The molecule has 0 spiro atoms. The SMILES string of the molecule is COC(=O)C1(O)CCN(c2nc(O)c3c(=O)n(Nc4cc(OC)cc(OC)c4)ccc3n2)CC1. The molecule has 3 aromatic rings. The molecule has 1 saturated heterocycles. The Morgan fingerprint density at radius 2 is 1.74 bits per heavy atom. The number of nitrogens with one attached hydrogen (secondary N) is 1. The van der Waals surface area contributed by atoms with E-state index >= 15 is 0 Å². The van der Waals surface area contributed by atoms with Gasteiger partial charge in [-0.05, 0) is 6.07 Å². The zero-order valence-electron chi connectivity index (χ0n) is 18.9. The minimum atomic E-state index is -1.56. The minimum absolute atomic E-state index is 0.0586. The van der Waals surface area contributed by atoms with Gasteiger partial charge in [-0.25, -0.2) is 14.5 Å². The van der Waals surface area contributed by atoms with Gasteiger partial charge in [0.25, 0.3) is 5.56 Å². The first-order valence-corrected chi connectivity index (χ1v) is 10.5. The van der Waals surface area contributed by atoms with Gasteiger partial charge in [0.05, 0.1) is 32.5 Å². The van der Waals surface area contributed by atoms with Gasteiger partial charge in [0, 0.05) is 50.3 Å².